The highest BCUT2D eigenvalue weighted by Crippen LogP contribution is 2.24. The average Bonchev–Trinajstić information content (AvgIpc) is 2.93. The van der Waals surface area contributed by atoms with Crippen LogP contribution in [0.3, 0.4) is 0 Å². The zero-order valence-electron chi connectivity index (χ0n) is 15.0. The lowest BCUT2D eigenvalue weighted by molar-refractivity contribution is 0.0996. The zero-order chi connectivity index (χ0) is 18.4. The van der Waals surface area contributed by atoms with Crippen molar-refractivity contribution >= 4 is 16.7 Å². The molecule has 1 aliphatic heterocycles. The normalized spacial score (nSPS) is 13.0. The highest BCUT2D eigenvalue weighted by Gasteiger charge is 2.15. The van der Waals surface area contributed by atoms with Gasteiger partial charge in [0.15, 0.2) is 0 Å². The van der Waals surface area contributed by atoms with Crippen molar-refractivity contribution in [2.75, 3.05) is 13.2 Å². The quantitative estimate of drug-likeness (QED) is 0.743. The number of aryl methyl sites for hydroxylation is 1. The molecule has 0 spiro atoms. The third kappa shape index (κ3) is 4.03. The molecule has 0 saturated carbocycles. The Morgan fingerprint density at radius 3 is 2.65 bits per heavy atom. The lowest BCUT2D eigenvalue weighted by atomic mass is 10.0. The van der Waals surface area contributed by atoms with Crippen molar-refractivity contribution in [3.05, 3.63) is 77.4 Å². The molecule has 0 aliphatic carbocycles. The minimum atomic E-state index is -0.441. The van der Waals surface area contributed by atoms with E-state index in [0.29, 0.717) is 17.9 Å². The number of carbonyl (C=O) groups excluding carboxylic acids is 1. The van der Waals surface area contributed by atoms with E-state index in [1.807, 2.05) is 12.1 Å². The molecule has 0 saturated heterocycles. The first kappa shape index (κ1) is 18.0. The van der Waals surface area contributed by atoms with E-state index < -0.39 is 5.91 Å². The first-order valence-electron chi connectivity index (χ1n) is 8.92. The van der Waals surface area contributed by atoms with Crippen LogP contribution in [-0.4, -0.2) is 19.1 Å². The number of hydrogen-bond donors (Lipinski definition) is 2. The van der Waals surface area contributed by atoms with Gasteiger partial charge in [-0.25, -0.2) is 0 Å². The van der Waals surface area contributed by atoms with Crippen LogP contribution in [0, 0.1) is 0 Å². The van der Waals surface area contributed by atoms with Crippen LogP contribution in [0.5, 0.6) is 5.75 Å². The van der Waals surface area contributed by atoms with Crippen molar-refractivity contribution in [3.8, 4) is 5.75 Å². The summed E-state index contributed by atoms with van der Waals surface area (Å²) in [5, 5.41) is 5.93. The SMILES string of the molecule is CCc1cccc2ccccc12.NC(=O)c1cccc2c1OCCNC2. The van der Waals surface area contributed by atoms with Gasteiger partial charge in [0, 0.05) is 18.7 Å². The second kappa shape index (κ2) is 8.50. The molecular formula is C22H24N2O2. The van der Waals surface area contributed by atoms with Crippen LogP contribution in [0.15, 0.2) is 60.7 Å². The largest absolute Gasteiger partial charge is 0.491 e. The number of para-hydroxylation sites is 1. The van der Waals surface area contributed by atoms with Gasteiger partial charge in [0.25, 0.3) is 5.91 Å². The minimum Gasteiger partial charge on any atom is -0.491 e. The van der Waals surface area contributed by atoms with Gasteiger partial charge in [0.05, 0.1) is 5.56 Å². The molecule has 4 heteroatoms. The highest BCUT2D eigenvalue weighted by molar-refractivity contribution is 5.96. The van der Waals surface area contributed by atoms with Crippen LogP contribution >= 0.6 is 0 Å². The number of nitrogens with one attached hydrogen (secondary N) is 1. The van der Waals surface area contributed by atoms with Crippen molar-refractivity contribution in [2.45, 2.75) is 19.9 Å². The summed E-state index contributed by atoms with van der Waals surface area (Å²) in [6.07, 6.45) is 1.11. The maximum Gasteiger partial charge on any atom is 0.252 e. The summed E-state index contributed by atoms with van der Waals surface area (Å²) >= 11 is 0. The zero-order valence-corrected chi connectivity index (χ0v) is 15.0. The Morgan fingerprint density at radius 2 is 1.85 bits per heavy atom. The molecule has 0 unspecified atom stereocenters. The molecule has 0 atom stereocenters. The second-order valence-electron chi connectivity index (χ2n) is 6.18. The van der Waals surface area contributed by atoms with Crippen molar-refractivity contribution in [1.82, 2.24) is 5.32 Å². The van der Waals surface area contributed by atoms with E-state index in [9.17, 15) is 4.79 Å². The molecule has 0 bridgehead atoms. The fourth-order valence-electron chi connectivity index (χ4n) is 3.14. The average molecular weight is 348 g/mol. The van der Waals surface area contributed by atoms with Gasteiger partial charge in [0.2, 0.25) is 0 Å². The maximum atomic E-state index is 11.1. The van der Waals surface area contributed by atoms with Gasteiger partial charge in [-0.1, -0.05) is 61.5 Å². The van der Waals surface area contributed by atoms with E-state index in [0.717, 1.165) is 25.1 Å². The molecule has 4 nitrogen and oxygen atoms in total. The van der Waals surface area contributed by atoms with E-state index in [2.05, 4.69) is 54.7 Å². The number of ether oxygens (including phenoxy) is 1. The summed E-state index contributed by atoms with van der Waals surface area (Å²) < 4.78 is 5.48. The van der Waals surface area contributed by atoms with Crippen LogP contribution in [0.1, 0.15) is 28.4 Å². The van der Waals surface area contributed by atoms with Crippen molar-refractivity contribution in [3.63, 3.8) is 0 Å². The Labute approximate surface area is 154 Å². The molecule has 1 aliphatic rings. The lowest BCUT2D eigenvalue weighted by Gasteiger charge is -2.09. The number of amides is 1. The van der Waals surface area contributed by atoms with Crippen molar-refractivity contribution < 1.29 is 9.53 Å². The number of fused-ring (bicyclic) bond motifs is 2. The second-order valence-corrected chi connectivity index (χ2v) is 6.18. The van der Waals surface area contributed by atoms with Crippen LogP contribution in [0.25, 0.3) is 10.8 Å². The molecule has 26 heavy (non-hydrogen) atoms. The molecule has 3 N–H and O–H groups in total. The highest BCUT2D eigenvalue weighted by atomic mass is 16.5. The number of benzene rings is 3. The Kier molecular flexibility index (Phi) is 5.87. The lowest BCUT2D eigenvalue weighted by Crippen LogP contribution is -2.16. The predicted molar refractivity (Wildman–Crippen MR) is 105 cm³/mol. The number of hydrogen-bond acceptors (Lipinski definition) is 3. The Balaban J connectivity index is 0.000000152. The predicted octanol–water partition coefficient (Wildman–Crippen LogP) is 3.67. The van der Waals surface area contributed by atoms with E-state index in [1.54, 1.807) is 6.07 Å². The molecule has 4 rings (SSSR count). The number of primary amides is 1. The molecular weight excluding hydrogens is 324 g/mol. The van der Waals surface area contributed by atoms with Crippen LogP contribution in [-0.2, 0) is 13.0 Å². The van der Waals surface area contributed by atoms with Crippen LogP contribution < -0.4 is 15.8 Å². The Morgan fingerprint density at radius 1 is 1.08 bits per heavy atom. The van der Waals surface area contributed by atoms with E-state index in [1.165, 1.54) is 16.3 Å². The van der Waals surface area contributed by atoms with Gasteiger partial charge < -0.3 is 15.8 Å². The van der Waals surface area contributed by atoms with E-state index in [-0.39, 0.29) is 0 Å². The van der Waals surface area contributed by atoms with E-state index >= 15 is 0 Å². The summed E-state index contributed by atoms with van der Waals surface area (Å²) in [4.78, 5) is 11.1. The molecule has 0 aromatic heterocycles. The molecule has 0 fully saturated rings. The fraction of sp³-hybridized carbons (Fsp3) is 0.227. The third-order valence-corrected chi connectivity index (χ3v) is 4.46. The standard InChI is InChI=1S/C12H12.C10H12N2O2/c1-2-10-7-5-8-11-6-3-4-9-12(10)11;11-10(13)8-3-1-2-7-6-12-4-5-14-9(7)8/h3-9H,2H2,1H3;1-3,12H,4-6H2,(H2,11,13). The van der Waals surface area contributed by atoms with Crippen molar-refractivity contribution in [1.29, 1.82) is 0 Å². The summed E-state index contributed by atoms with van der Waals surface area (Å²) in [7, 11) is 0. The maximum absolute atomic E-state index is 11.1. The smallest absolute Gasteiger partial charge is 0.252 e. The Hall–Kier alpha value is -2.85. The van der Waals surface area contributed by atoms with Crippen molar-refractivity contribution in [2.24, 2.45) is 5.73 Å². The van der Waals surface area contributed by atoms with Gasteiger partial charge in [-0.3, -0.25) is 4.79 Å². The minimum absolute atomic E-state index is 0.441. The van der Waals surface area contributed by atoms with E-state index in [4.69, 9.17) is 10.5 Å². The molecule has 1 amide bonds. The van der Waals surface area contributed by atoms with Gasteiger partial charge in [-0.15, -0.1) is 0 Å². The van der Waals surface area contributed by atoms with Gasteiger partial charge in [0.1, 0.15) is 12.4 Å². The van der Waals surface area contributed by atoms with Gasteiger partial charge >= 0.3 is 0 Å². The fourth-order valence-corrected chi connectivity index (χ4v) is 3.14. The molecule has 134 valence electrons. The summed E-state index contributed by atoms with van der Waals surface area (Å²) in [6.45, 7) is 4.27. The Bertz CT molecular complexity index is 900. The number of nitrogens with two attached hydrogens (primary N) is 1. The molecule has 3 aromatic rings. The number of rotatable bonds is 2. The summed E-state index contributed by atoms with van der Waals surface area (Å²) in [5.41, 5.74) is 8.14. The van der Waals surface area contributed by atoms with Crippen LogP contribution in [0.2, 0.25) is 0 Å². The number of carbonyl (C=O) groups is 1. The molecule has 0 radical (unpaired) electrons. The van der Waals surface area contributed by atoms with Gasteiger partial charge in [-0.2, -0.15) is 0 Å². The first-order chi connectivity index (χ1) is 12.7. The topological polar surface area (TPSA) is 64.4 Å². The van der Waals surface area contributed by atoms with Gasteiger partial charge in [-0.05, 0) is 28.8 Å². The van der Waals surface area contributed by atoms with Crippen LogP contribution in [0.4, 0.5) is 0 Å². The third-order valence-electron chi connectivity index (χ3n) is 4.46. The first-order valence-corrected chi connectivity index (χ1v) is 8.92. The monoisotopic (exact) mass is 348 g/mol. The molecule has 3 aromatic carbocycles. The summed E-state index contributed by atoms with van der Waals surface area (Å²) in [6, 6.07) is 20.5. The summed E-state index contributed by atoms with van der Waals surface area (Å²) in [5.74, 6) is 0.189. The molecule has 1 heterocycles.